The van der Waals surface area contributed by atoms with E-state index in [4.69, 9.17) is 0 Å². The zero-order chi connectivity index (χ0) is 18.1. The molecule has 0 radical (unpaired) electrons. The Morgan fingerprint density at radius 3 is 2.36 bits per heavy atom. The molecule has 1 aromatic rings. The smallest absolute Gasteiger partial charge is 0.275 e. The highest BCUT2D eigenvalue weighted by Gasteiger charge is 2.22. The minimum Gasteiger partial charge on any atom is -0.360 e. The molecular weight excluding hydrogens is 314 g/mol. The highest BCUT2D eigenvalue weighted by Crippen LogP contribution is 2.15. The average Bonchev–Trinajstić information content (AvgIpc) is 2.62. The first-order valence-electron chi connectivity index (χ1n) is 9.56. The van der Waals surface area contributed by atoms with E-state index in [0.717, 1.165) is 50.4 Å². The van der Waals surface area contributed by atoms with Crippen LogP contribution in [0.5, 0.6) is 0 Å². The van der Waals surface area contributed by atoms with Gasteiger partial charge in [-0.05, 0) is 37.6 Å². The quantitative estimate of drug-likeness (QED) is 0.523. The molecule has 0 atom stereocenters. The van der Waals surface area contributed by atoms with Gasteiger partial charge in [-0.25, -0.2) is 0 Å². The van der Waals surface area contributed by atoms with Crippen LogP contribution in [-0.4, -0.2) is 51.0 Å². The van der Waals surface area contributed by atoms with Gasteiger partial charge >= 0.3 is 0 Å². The summed E-state index contributed by atoms with van der Waals surface area (Å²) in [7, 11) is 0. The van der Waals surface area contributed by atoms with Gasteiger partial charge in [0.25, 0.3) is 5.91 Å². The largest absolute Gasteiger partial charge is 0.360 e. The lowest BCUT2D eigenvalue weighted by molar-refractivity contribution is -0.892. The summed E-state index contributed by atoms with van der Waals surface area (Å²) in [5.41, 5.74) is 1.91. The normalized spacial score (nSPS) is 15.2. The fourth-order valence-corrected chi connectivity index (χ4v) is 3.23. The second-order valence-electron chi connectivity index (χ2n) is 6.93. The van der Waals surface area contributed by atoms with Gasteiger partial charge in [-0.15, -0.1) is 0 Å². The van der Waals surface area contributed by atoms with Gasteiger partial charge in [0.1, 0.15) is 0 Å². The Morgan fingerprint density at radius 2 is 1.76 bits per heavy atom. The zero-order valence-electron chi connectivity index (χ0n) is 15.6. The number of carbonyl (C=O) groups excluding carboxylic acids is 2. The zero-order valence-corrected chi connectivity index (χ0v) is 15.6. The number of anilines is 1. The van der Waals surface area contributed by atoms with Gasteiger partial charge in [-0.2, -0.15) is 0 Å². The van der Waals surface area contributed by atoms with Crippen LogP contribution in [0.25, 0.3) is 0 Å². The van der Waals surface area contributed by atoms with Crippen molar-refractivity contribution in [1.82, 2.24) is 5.32 Å². The van der Waals surface area contributed by atoms with Gasteiger partial charge in [0, 0.05) is 17.8 Å². The predicted molar refractivity (Wildman–Crippen MR) is 101 cm³/mol. The molecule has 0 unspecified atom stereocenters. The van der Waals surface area contributed by atoms with E-state index in [1.165, 1.54) is 24.2 Å². The molecule has 0 aromatic heterocycles. The van der Waals surface area contributed by atoms with E-state index in [1.54, 1.807) is 6.92 Å². The van der Waals surface area contributed by atoms with E-state index in [2.05, 4.69) is 17.1 Å². The summed E-state index contributed by atoms with van der Waals surface area (Å²) >= 11 is 0. The molecule has 2 rings (SSSR count). The van der Waals surface area contributed by atoms with Crippen molar-refractivity contribution in [2.75, 3.05) is 44.2 Å². The van der Waals surface area contributed by atoms with E-state index in [1.807, 2.05) is 24.3 Å². The van der Waals surface area contributed by atoms with Crippen LogP contribution in [0.15, 0.2) is 24.3 Å². The van der Waals surface area contributed by atoms with Gasteiger partial charge in [0.05, 0.1) is 26.2 Å². The van der Waals surface area contributed by atoms with Gasteiger partial charge in [-0.3, -0.25) is 9.59 Å². The van der Waals surface area contributed by atoms with Crippen LogP contribution in [0, 0.1) is 0 Å². The summed E-state index contributed by atoms with van der Waals surface area (Å²) < 4.78 is 0. The van der Waals surface area contributed by atoms with E-state index < -0.39 is 0 Å². The highest BCUT2D eigenvalue weighted by molar-refractivity contribution is 5.94. The van der Waals surface area contributed by atoms with Gasteiger partial charge in [0.15, 0.2) is 12.3 Å². The van der Waals surface area contributed by atoms with Crippen molar-refractivity contribution in [3.8, 4) is 0 Å². The molecule has 0 aliphatic carbocycles. The van der Waals surface area contributed by atoms with Crippen LogP contribution in [0.3, 0.4) is 0 Å². The number of unbranched alkanes of at least 4 members (excludes halogenated alkanes) is 3. The fraction of sp³-hybridized carbons (Fsp3) is 0.600. The van der Waals surface area contributed by atoms with Crippen LogP contribution in [-0.2, 0) is 4.79 Å². The number of rotatable bonds is 9. The van der Waals surface area contributed by atoms with Crippen molar-refractivity contribution in [2.24, 2.45) is 0 Å². The number of Topliss-reactive ketones (excluding diaryl/α,β-unsaturated/α-hetero) is 1. The number of carbonyl (C=O) groups is 2. The molecule has 0 bridgehead atoms. The fourth-order valence-electron chi connectivity index (χ4n) is 3.23. The first-order chi connectivity index (χ1) is 12.1. The topological polar surface area (TPSA) is 53.9 Å². The van der Waals surface area contributed by atoms with Crippen LogP contribution in [0.1, 0.15) is 49.9 Å². The van der Waals surface area contributed by atoms with Crippen molar-refractivity contribution in [1.29, 1.82) is 0 Å². The highest BCUT2D eigenvalue weighted by atomic mass is 16.2. The van der Waals surface area contributed by atoms with E-state index in [9.17, 15) is 9.59 Å². The number of nitrogens with zero attached hydrogens (tertiary/aromatic N) is 1. The Labute approximate surface area is 151 Å². The summed E-state index contributed by atoms with van der Waals surface area (Å²) in [5.74, 6) is 0.271. The Bertz CT molecular complexity index is 549. The lowest BCUT2D eigenvalue weighted by atomic mass is 10.1. The van der Waals surface area contributed by atoms with Crippen molar-refractivity contribution in [2.45, 2.75) is 39.5 Å². The molecule has 1 amide bonds. The predicted octanol–water partition coefficient (Wildman–Crippen LogP) is 1.29. The maximum absolute atomic E-state index is 12.0. The summed E-state index contributed by atoms with van der Waals surface area (Å²) in [4.78, 5) is 27.0. The molecule has 138 valence electrons. The monoisotopic (exact) mass is 346 g/mol. The van der Waals surface area contributed by atoms with Crippen molar-refractivity contribution < 1.29 is 14.5 Å². The average molecular weight is 346 g/mol. The second-order valence-corrected chi connectivity index (χ2v) is 6.93. The van der Waals surface area contributed by atoms with Gasteiger partial charge < -0.3 is 15.1 Å². The summed E-state index contributed by atoms with van der Waals surface area (Å²) in [6, 6.07) is 7.82. The number of nitrogens with one attached hydrogen (secondary N) is 2. The van der Waals surface area contributed by atoms with Crippen LogP contribution < -0.4 is 15.1 Å². The molecule has 1 fully saturated rings. The third-order valence-corrected chi connectivity index (χ3v) is 4.87. The van der Waals surface area contributed by atoms with Crippen molar-refractivity contribution >= 4 is 17.4 Å². The molecule has 5 heteroatoms. The third-order valence-electron chi connectivity index (χ3n) is 4.87. The first kappa shape index (κ1) is 19.4. The molecule has 2 N–H and O–H groups in total. The van der Waals surface area contributed by atoms with Crippen LogP contribution in [0.2, 0.25) is 0 Å². The number of piperazine rings is 1. The standard InChI is InChI=1S/C20H31N3O2/c1-3-4-5-6-11-21-20(25)16-22-12-14-23(15-13-22)19-9-7-18(8-10-19)17(2)24/h7-10H,3-6,11-16H2,1-2H3,(H,21,25)/p+1. The number of hydrogen-bond donors (Lipinski definition) is 2. The number of quaternary nitrogens is 1. The van der Waals surface area contributed by atoms with E-state index >= 15 is 0 Å². The Hall–Kier alpha value is -1.88. The first-order valence-corrected chi connectivity index (χ1v) is 9.56. The summed E-state index contributed by atoms with van der Waals surface area (Å²) in [6.45, 7) is 8.99. The molecule has 1 aliphatic rings. The Balaban J connectivity index is 1.68. The van der Waals surface area contributed by atoms with Crippen molar-refractivity contribution in [3.05, 3.63) is 29.8 Å². The SMILES string of the molecule is CCCCCCNC(=O)C[NH+]1CCN(c2ccc(C(C)=O)cc2)CC1. The molecule has 1 aliphatic heterocycles. The molecule has 1 heterocycles. The van der Waals surface area contributed by atoms with Crippen LogP contribution in [0.4, 0.5) is 5.69 Å². The van der Waals surface area contributed by atoms with Crippen LogP contribution >= 0.6 is 0 Å². The molecule has 25 heavy (non-hydrogen) atoms. The minimum atomic E-state index is 0.0986. The van der Waals surface area contributed by atoms with Gasteiger partial charge in [-0.1, -0.05) is 26.2 Å². The summed E-state index contributed by atoms with van der Waals surface area (Å²) in [6.07, 6.45) is 4.75. The maximum atomic E-state index is 12.0. The lowest BCUT2D eigenvalue weighted by Gasteiger charge is -2.33. The number of benzene rings is 1. The molecule has 1 aromatic carbocycles. The Kier molecular flexibility index (Phi) is 7.92. The van der Waals surface area contributed by atoms with E-state index in [0.29, 0.717) is 6.54 Å². The number of amides is 1. The van der Waals surface area contributed by atoms with E-state index in [-0.39, 0.29) is 11.7 Å². The number of ketones is 1. The lowest BCUT2D eigenvalue weighted by Crippen LogP contribution is -3.15. The third kappa shape index (κ3) is 6.50. The molecule has 5 nitrogen and oxygen atoms in total. The molecular formula is C20H32N3O2+. The molecule has 1 saturated heterocycles. The Morgan fingerprint density at radius 1 is 1.08 bits per heavy atom. The summed E-state index contributed by atoms with van der Waals surface area (Å²) in [5, 5.41) is 3.04. The maximum Gasteiger partial charge on any atom is 0.275 e. The molecule has 0 saturated carbocycles. The second kappa shape index (κ2) is 10.2. The molecule has 0 spiro atoms. The van der Waals surface area contributed by atoms with Gasteiger partial charge in [0.2, 0.25) is 0 Å². The number of hydrogen-bond acceptors (Lipinski definition) is 3. The minimum absolute atomic E-state index is 0.0986. The van der Waals surface area contributed by atoms with Crippen molar-refractivity contribution in [3.63, 3.8) is 0 Å².